The number of amides is 1. The van der Waals surface area contributed by atoms with Gasteiger partial charge in [0.15, 0.2) is 9.84 Å². The molecule has 0 spiro atoms. The summed E-state index contributed by atoms with van der Waals surface area (Å²) >= 11 is 0. The first kappa shape index (κ1) is 15.2. The van der Waals surface area contributed by atoms with Gasteiger partial charge in [-0.05, 0) is 27.7 Å². The summed E-state index contributed by atoms with van der Waals surface area (Å²) in [5.41, 5.74) is -0.532. The van der Waals surface area contributed by atoms with E-state index in [0.29, 0.717) is 6.54 Å². The minimum Gasteiger partial charge on any atom is -0.444 e. The third kappa shape index (κ3) is 4.45. The Kier molecular flexibility index (Phi) is 4.27. The minimum absolute atomic E-state index is 0.165. The van der Waals surface area contributed by atoms with Crippen molar-refractivity contribution in [2.45, 2.75) is 45.4 Å². The average molecular weight is 279 g/mol. The summed E-state index contributed by atoms with van der Waals surface area (Å²) in [6, 6.07) is -0.165. The van der Waals surface area contributed by atoms with Gasteiger partial charge in [-0.25, -0.2) is 13.2 Å². The van der Waals surface area contributed by atoms with Crippen LogP contribution in [0.15, 0.2) is 0 Å². The molecule has 1 aliphatic rings. The van der Waals surface area contributed by atoms with Crippen LogP contribution >= 0.6 is 0 Å². The van der Waals surface area contributed by atoms with Crippen LogP contribution in [0.2, 0.25) is 0 Å². The molecule has 0 aromatic heterocycles. The highest BCUT2D eigenvalue weighted by atomic mass is 32.2. The largest absolute Gasteiger partial charge is 0.444 e. The Labute approximate surface area is 108 Å². The lowest BCUT2D eigenvalue weighted by molar-refractivity contribution is -0.0860. The molecular weight excluding hydrogens is 258 g/mol. The summed E-state index contributed by atoms with van der Waals surface area (Å²) in [5, 5.41) is 0. The van der Waals surface area contributed by atoms with E-state index in [2.05, 4.69) is 0 Å². The molecule has 6 nitrogen and oxygen atoms in total. The zero-order valence-electron chi connectivity index (χ0n) is 11.5. The number of nitrogens with zero attached hydrogens (tertiary/aromatic N) is 1. The van der Waals surface area contributed by atoms with E-state index in [1.807, 2.05) is 0 Å². The lowest BCUT2D eigenvalue weighted by atomic mass is 10.0. The lowest BCUT2D eigenvalue weighted by Crippen LogP contribution is -2.62. The zero-order valence-corrected chi connectivity index (χ0v) is 12.3. The van der Waals surface area contributed by atoms with Crippen LogP contribution < -0.4 is 0 Å². The molecule has 0 N–H and O–H groups in total. The molecule has 18 heavy (non-hydrogen) atoms. The van der Waals surface area contributed by atoms with Crippen molar-refractivity contribution in [3.05, 3.63) is 0 Å². The molecule has 1 fully saturated rings. The molecule has 0 aromatic rings. The van der Waals surface area contributed by atoms with Crippen LogP contribution in [0, 0.1) is 0 Å². The summed E-state index contributed by atoms with van der Waals surface area (Å²) < 4.78 is 32.4. The van der Waals surface area contributed by atoms with Crippen LogP contribution in [0.4, 0.5) is 4.79 Å². The summed E-state index contributed by atoms with van der Waals surface area (Å²) in [6.07, 6.45) is 0.476. The summed E-state index contributed by atoms with van der Waals surface area (Å²) in [6.45, 7) is 7.57. The van der Waals surface area contributed by atoms with Gasteiger partial charge < -0.3 is 14.4 Å². The summed E-state index contributed by atoms with van der Waals surface area (Å²) in [5.74, 6) is -0.315. The normalized spacial score (nSPS) is 24.6. The maximum Gasteiger partial charge on any atom is 0.410 e. The quantitative estimate of drug-likeness (QED) is 0.771. The SMILES string of the molecule is CC1C(OCS(C)(=O)=O)CN1C(=O)OC(C)(C)C. The van der Waals surface area contributed by atoms with Crippen LogP contribution in [-0.2, 0) is 19.3 Å². The van der Waals surface area contributed by atoms with Crippen molar-refractivity contribution < 1.29 is 22.7 Å². The van der Waals surface area contributed by atoms with E-state index in [1.165, 1.54) is 4.90 Å². The highest BCUT2D eigenvalue weighted by molar-refractivity contribution is 7.90. The maximum atomic E-state index is 11.7. The van der Waals surface area contributed by atoms with Gasteiger partial charge in [0.05, 0.1) is 18.7 Å². The van der Waals surface area contributed by atoms with Crippen molar-refractivity contribution in [2.75, 3.05) is 18.7 Å². The van der Waals surface area contributed by atoms with E-state index in [1.54, 1.807) is 27.7 Å². The first-order valence-electron chi connectivity index (χ1n) is 5.78. The molecule has 0 aromatic carbocycles. The smallest absolute Gasteiger partial charge is 0.410 e. The Hall–Kier alpha value is -0.820. The van der Waals surface area contributed by atoms with Gasteiger partial charge >= 0.3 is 6.09 Å². The second-order valence-electron chi connectivity index (χ2n) is 5.62. The molecule has 1 amide bonds. The number of sulfone groups is 1. The Morgan fingerprint density at radius 1 is 1.39 bits per heavy atom. The molecular formula is C11H21NO5S. The number of rotatable bonds is 3. The molecule has 0 radical (unpaired) electrons. The molecule has 0 bridgehead atoms. The lowest BCUT2D eigenvalue weighted by Gasteiger charge is -2.45. The van der Waals surface area contributed by atoms with Crippen molar-refractivity contribution in [1.29, 1.82) is 0 Å². The van der Waals surface area contributed by atoms with Gasteiger partial charge in [0.2, 0.25) is 0 Å². The predicted molar refractivity (Wildman–Crippen MR) is 67.0 cm³/mol. The van der Waals surface area contributed by atoms with E-state index < -0.39 is 21.5 Å². The fourth-order valence-corrected chi connectivity index (χ4v) is 1.96. The predicted octanol–water partition coefficient (Wildman–Crippen LogP) is 1.01. The number of carbonyl (C=O) groups excluding carboxylic acids is 1. The maximum absolute atomic E-state index is 11.7. The Morgan fingerprint density at radius 2 is 1.94 bits per heavy atom. The van der Waals surface area contributed by atoms with Crippen molar-refractivity contribution in [2.24, 2.45) is 0 Å². The minimum atomic E-state index is -3.14. The van der Waals surface area contributed by atoms with Gasteiger partial charge in [0.25, 0.3) is 0 Å². The molecule has 7 heteroatoms. The van der Waals surface area contributed by atoms with E-state index in [-0.39, 0.29) is 18.1 Å². The number of carbonyl (C=O) groups is 1. The molecule has 0 saturated carbocycles. The Balaban J connectivity index is 2.41. The topological polar surface area (TPSA) is 72.9 Å². The number of hydrogen-bond acceptors (Lipinski definition) is 5. The fourth-order valence-electron chi connectivity index (χ4n) is 1.54. The fraction of sp³-hybridized carbons (Fsp3) is 0.909. The van der Waals surface area contributed by atoms with E-state index in [9.17, 15) is 13.2 Å². The number of hydrogen-bond donors (Lipinski definition) is 0. The van der Waals surface area contributed by atoms with Crippen LogP contribution in [0.3, 0.4) is 0 Å². The molecule has 1 aliphatic heterocycles. The van der Waals surface area contributed by atoms with Crippen molar-refractivity contribution in [3.8, 4) is 0 Å². The zero-order chi connectivity index (χ0) is 14.1. The highest BCUT2D eigenvalue weighted by Gasteiger charge is 2.41. The summed E-state index contributed by atoms with van der Waals surface area (Å²) in [7, 11) is -3.14. The van der Waals surface area contributed by atoms with E-state index >= 15 is 0 Å². The third-order valence-electron chi connectivity index (χ3n) is 2.53. The first-order chi connectivity index (χ1) is 7.99. The average Bonchev–Trinajstić information content (AvgIpc) is 2.10. The molecule has 1 heterocycles. The van der Waals surface area contributed by atoms with Gasteiger partial charge in [0, 0.05) is 6.26 Å². The van der Waals surface area contributed by atoms with Gasteiger partial charge in [-0.15, -0.1) is 0 Å². The molecule has 1 rings (SSSR count). The molecule has 0 aliphatic carbocycles. The van der Waals surface area contributed by atoms with Crippen molar-refractivity contribution >= 4 is 15.9 Å². The second kappa shape index (κ2) is 5.05. The Morgan fingerprint density at radius 3 is 2.33 bits per heavy atom. The second-order valence-corrected chi connectivity index (χ2v) is 7.71. The number of ether oxygens (including phenoxy) is 2. The number of likely N-dealkylation sites (tertiary alicyclic amines) is 1. The Bertz CT molecular complexity index is 412. The molecule has 2 atom stereocenters. The molecule has 1 saturated heterocycles. The van der Waals surface area contributed by atoms with Crippen LogP contribution in [0.1, 0.15) is 27.7 Å². The molecule has 106 valence electrons. The van der Waals surface area contributed by atoms with Gasteiger partial charge in [-0.2, -0.15) is 0 Å². The van der Waals surface area contributed by atoms with Crippen molar-refractivity contribution in [1.82, 2.24) is 4.90 Å². The van der Waals surface area contributed by atoms with E-state index in [4.69, 9.17) is 9.47 Å². The highest BCUT2D eigenvalue weighted by Crippen LogP contribution is 2.24. The summed E-state index contributed by atoms with van der Waals surface area (Å²) in [4.78, 5) is 13.3. The van der Waals surface area contributed by atoms with Gasteiger partial charge in [-0.1, -0.05) is 0 Å². The van der Waals surface area contributed by atoms with Crippen molar-refractivity contribution in [3.63, 3.8) is 0 Å². The van der Waals surface area contributed by atoms with Gasteiger partial charge in [-0.3, -0.25) is 0 Å². The molecule has 2 unspecified atom stereocenters. The standard InChI is InChI=1S/C11H21NO5S/c1-8-9(16-7-18(5,14)15)6-12(8)10(13)17-11(2,3)4/h8-9H,6-7H2,1-5H3. The van der Waals surface area contributed by atoms with E-state index in [0.717, 1.165) is 6.26 Å². The van der Waals surface area contributed by atoms with Crippen LogP contribution in [-0.4, -0.2) is 55.9 Å². The third-order valence-corrected chi connectivity index (χ3v) is 3.09. The van der Waals surface area contributed by atoms with Crippen LogP contribution in [0.25, 0.3) is 0 Å². The first-order valence-corrected chi connectivity index (χ1v) is 7.84. The van der Waals surface area contributed by atoms with Gasteiger partial charge in [0.1, 0.15) is 11.5 Å². The monoisotopic (exact) mass is 279 g/mol. The van der Waals surface area contributed by atoms with Crippen LogP contribution in [0.5, 0.6) is 0 Å².